The van der Waals surface area contributed by atoms with Gasteiger partial charge in [0, 0.05) is 6.04 Å². The van der Waals surface area contributed by atoms with Gasteiger partial charge in [0.15, 0.2) is 0 Å². The molecule has 1 aliphatic carbocycles. The maximum Gasteiger partial charge on any atom is 0.133 e. The van der Waals surface area contributed by atoms with E-state index in [1.165, 1.54) is 37.7 Å². The lowest BCUT2D eigenvalue weighted by atomic mass is 10.0. The Balaban J connectivity index is 1.77. The molecule has 3 heteroatoms. The summed E-state index contributed by atoms with van der Waals surface area (Å²) in [6.45, 7) is 3.40. The van der Waals surface area contributed by atoms with E-state index in [0.29, 0.717) is 0 Å². The molecule has 1 aromatic carbocycles. The third kappa shape index (κ3) is 4.78. The molecule has 1 aromatic rings. The van der Waals surface area contributed by atoms with Gasteiger partial charge in [-0.1, -0.05) is 13.0 Å². The monoisotopic (exact) mass is 339 g/mol. The number of benzene rings is 1. The van der Waals surface area contributed by atoms with Gasteiger partial charge in [0.1, 0.15) is 5.75 Å². The number of methoxy groups -OCH3 is 1. The summed E-state index contributed by atoms with van der Waals surface area (Å²) < 4.78 is 6.33. The smallest absolute Gasteiger partial charge is 0.133 e. The number of ether oxygens (including phenoxy) is 1. The quantitative estimate of drug-likeness (QED) is 0.712. The van der Waals surface area contributed by atoms with Crippen molar-refractivity contribution in [2.45, 2.75) is 51.5 Å². The van der Waals surface area contributed by atoms with E-state index in [-0.39, 0.29) is 0 Å². The summed E-state index contributed by atoms with van der Waals surface area (Å²) >= 11 is 3.56. The van der Waals surface area contributed by atoms with E-state index in [9.17, 15) is 0 Å². The van der Waals surface area contributed by atoms with Gasteiger partial charge in [-0.05, 0) is 84.6 Å². The number of hydrogen-bond donors (Lipinski definition) is 1. The van der Waals surface area contributed by atoms with Crippen molar-refractivity contribution >= 4 is 15.9 Å². The molecule has 20 heavy (non-hydrogen) atoms. The highest BCUT2D eigenvalue weighted by Gasteiger charge is 2.29. The predicted molar refractivity (Wildman–Crippen MR) is 88.4 cm³/mol. The lowest BCUT2D eigenvalue weighted by molar-refractivity contribution is 0.411. The van der Waals surface area contributed by atoms with Gasteiger partial charge in [0.25, 0.3) is 0 Å². The first kappa shape index (κ1) is 15.8. The Kier molecular flexibility index (Phi) is 6.37. The zero-order valence-electron chi connectivity index (χ0n) is 12.6. The van der Waals surface area contributed by atoms with E-state index in [1.54, 1.807) is 7.11 Å². The van der Waals surface area contributed by atoms with Gasteiger partial charge < -0.3 is 10.1 Å². The van der Waals surface area contributed by atoms with Gasteiger partial charge in [-0.25, -0.2) is 0 Å². The fraction of sp³-hybridized carbons (Fsp3) is 0.647. The fourth-order valence-corrected chi connectivity index (χ4v) is 3.31. The minimum Gasteiger partial charge on any atom is -0.496 e. The molecule has 1 fully saturated rings. The Morgan fingerprint density at radius 1 is 1.40 bits per heavy atom. The number of aryl methyl sites for hydroxylation is 1. The lowest BCUT2D eigenvalue weighted by Gasteiger charge is -2.17. The number of halogens is 1. The molecular weight excluding hydrogens is 314 g/mol. The first-order valence-corrected chi connectivity index (χ1v) is 8.59. The molecule has 0 bridgehead atoms. The van der Waals surface area contributed by atoms with Crippen LogP contribution >= 0.6 is 15.9 Å². The molecule has 0 heterocycles. The van der Waals surface area contributed by atoms with Crippen LogP contribution in [-0.4, -0.2) is 19.7 Å². The highest BCUT2D eigenvalue weighted by atomic mass is 79.9. The topological polar surface area (TPSA) is 21.3 Å². The SMILES string of the molecule is CCCNC(CCCc1ccc(OC)c(Br)c1)C1CC1. The van der Waals surface area contributed by atoms with Crippen LogP contribution < -0.4 is 10.1 Å². The Labute approximate surface area is 131 Å². The van der Waals surface area contributed by atoms with Crippen LogP contribution in [0.5, 0.6) is 5.75 Å². The average molecular weight is 340 g/mol. The molecule has 0 spiro atoms. The van der Waals surface area contributed by atoms with Crippen molar-refractivity contribution in [2.75, 3.05) is 13.7 Å². The van der Waals surface area contributed by atoms with Crippen LogP contribution in [0.4, 0.5) is 0 Å². The summed E-state index contributed by atoms with van der Waals surface area (Å²) in [6.07, 6.45) is 7.80. The van der Waals surface area contributed by atoms with Crippen LogP contribution in [-0.2, 0) is 6.42 Å². The maximum absolute atomic E-state index is 5.27. The van der Waals surface area contributed by atoms with Crippen molar-refractivity contribution in [3.63, 3.8) is 0 Å². The van der Waals surface area contributed by atoms with Crippen molar-refractivity contribution in [1.82, 2.24) is 5.32 Å². The summed E-state index contributed by atoms with van der Waals surface area (Å²) in [7, 11) is 1.71. The number of nitrogens with one attached hydrogen (secondary N) is 1. The molecule has 0 radical (unpaired) electrons. The number of rotatable bonds is 9. The molecule has 112 valence electrons. The van der Waals surface area contributed by atoms with Crippen LogP contribution in [0.3, 0.4) is 0 Å². The molecule has 2 rings (SSSR count). The van der Waals surface area contributed by atoms with E-state index in [2.05, 4.69) is 40.3 Å². The Morgan fingerprint density at radius 2 is 2.20 bits per heavy atom. The molecule has 1 saturated carbocycles. The van der Waals surface area contributed by atoms with Crippen LogP contribution in [0.25, 0.3) is 0 Å². The van der Waals surface area contributed by atoms with Crippen molar-refractivity contribution in [3.8, 4) is 5.75 Å². The van der Waals surface area contributed by atoms with Crippen molar-refractivity contribution < 1.29 is 4.74 Å². The lowest BCUT2D eigenvalue weighted by Crippen LogP contribution is -2.31. The average Bonchev–Trinajstić information content (AvgIpc) is 3.27. The molecule has 1 atom stereocenters. The van der Waals surface area contributed by atoms with Crippen LogP contribution in [0, 0.1) is 5.92 Å². The van der Waals surface area contributed by atoms with Gasteiger partial charge in [-0.3, -0.25) is 0 Å². The minimum absolute atomic E-state index is 0.747. The normalized spacial score (nSPS) is 16.1. The van der Waals surface area contributed by atoms with Crippen molar-refractivity contribution in [2.24, 2.45) is 5.92 Å². The third-order valence-corrected chi connectivity index (χ3v) is 4.66. The standard InChI is InChI=1S/C17H26BrNO/c1-3-11-19-16(14-8-9-14)6-4-5-13-7-10-17(20-2)15(18)12-13/h7,10,12,14,16,19H,3-6,8-9,11H2,1-2H3. The first-order chi connectivity index (χ1) is 9.74. The van der Waals surface area contributed by atoms with Gasteiger partial charge in [0.05, 0.1) is 11.6 Å². The van der Waals surface area contributed by atoms with Gasteiger partial charge in [-0.15, -0.1) is 0 Å². The molecule has 2 nitrogen and oxygen atoms in total. The van der Waals surface area contributed by atoms with E-state index in [4.69, 9.17) is 4.74 Å². The first-order valence-electron chi connectivity index (χ1n) is 7.80. The summed E-state index contributed by atoms with van der Waals surface area (Å²) in [5.74, 6) is 1.86. The summed E-state index contributed by atoms with van der Waals surface area (Å²) in [5, 5.41) is 3.72. The highest BCUT2D eigenvalue weighted by molar-refractivity contribution is 9.10. The van der Waals surface area contributed by atoms with Gasteiger partial charge in [0.2, 0.25) is 0 Å². The Bertz CT molecular complexity index is 417. The minimum atomic E-state index is 0.747. The van der Waals surface area contributed by atoms with E-state index in [1.807, 2.05) is 6.07 Å². The second-order valence-corrected chi connectivity index (χ2v) is 6.61. The zero-order chi connectivity index (χ0) is 14.4. The van der Waals surface area contributed by atoms with Crippen molar-refractivity contribution in [1.29, 1.82) is 0 Å². The highest BCUT2D eigenvalue weighted by Crippen LogP contribution is 2.35. The summed E-state index contributed by atoms with van der Waals surface area (Å²) in [6, 6.07) is 7.16. The third-order valence-electron chi connectivity index (χ3n) is 4.04. The van der Waals surface area contributed by atoms with Gasteiger partial charge in [-0.2, -0.15) is 0 Å². The Hall–Kier alpha value is -0.540. The molecule has 0 aromatic heterocycles. The fourth-order valence-electron chi connectivity index (χ4n) is 2.72. The molecule has 1 N–H and O–H groups in total. The largest absolute Gasteiger partial charge is 0.496 e. The predicted octanol–water partition coefficient (Wildman–Crippen LogP) is 4.56. The van der Waals surface area contributed by atoms with E-state index in [0.717, 1.165) is 35.1 Å². The van der Waals surface area contributed by atoms with Crippen molar-refractivity contribution in [3.05, 3.63) is 28.2 Å². The summed E-state index contributed by atoms with van der Waals surface area (Å²) in [4.78, 5) is 0. The van der Waals surface area contributed by atoms with Gasteiger partial charge >= 0.3 is 0 Å². The molecular formula is C17H26BrNO. The molecule has 1 aliphatic rings. The summed E-state index contributed by atoms with van der Waals surface area (Å²) in [5.41, 5.74) is 1.39. The second kappa shape index (κ2) is 8.04. The van der Waals surface area contributed by atoms with Crippen LogP contribution in [0.1, 0.15) is 44.6 Å². The second-order valence-electron chi connectivity index (χ2n) is 5.76. The van der Waals surface area contributed by atoms with E-state index < -0.39 is 0 Å². The van der Waals surface area contributed by atoms with Crippen LogP contribution in [0.15, 0.2) is 22.7 Å². The number of hydrogen-bond acceptors (Lipinski definition) is 2. The molecule has 0 aliphatic heterocycles. The molecule has 1 unspecified atom stereocenters. The maximum atomic E-state index is 5.27. The molecule has 0 amide bonds. The van der Waals surface area contributed by atoms with Crippen LogP contribution in [0.2, 0.25) is 0 Å². The Morgan fingerprint density at radius 3 is 2.80 bits per heavy atom. The van der Waals surface area contributed by atoms with E-state index >= 15 is 0 Å². The molecule has 0 saturated heterocycles. The zero-order valence-corrected chi connectivity index (χ0v) is 14.2.